The second-order valence-electron chi connectivity index (χ2n) is 8.09. The molecule has 4 aromatic carbocycles. The third-order valence-electron chi connectivity index (χ3n) is 5.49. The third-order valence-corrected chi connectivity index (χ3v) is 7.01. The Morgan fingerprint density at radius 3 is 2.49 bits per heavy atom. The number of benzene rings is 4. The van der Waals surface area contributed by atoms with Gasteiger partial charge in [0.2, 0.25) is 0 Å². The van der Waals surface area contributed by atoms with Gasteiger partial charge < -0.3 is 15.2 Å². The number of aryl methyl sites for hydroxylation is 1. The van der Waals surface area contributed by atoms with Crippen LogP contribution in [0.4, 0.5) is 17.1 Å². The summed E-state index contributed by atoms with van der Waals surface area (Å²) in [5.74, 6) is -1.12. The van der Waals surface area contributed by atoms with Crippen LogP contribution in [0.2, 0.25) is 10.0 Å². The molecule has 0 aromatic heterocycles. The van der Waals surface area contributed by atoms with Crippen LogP contribution in [0.25, 0.3) is 10.8 Å². The molecule has 13 heteroatoms. The molecule has 1 amide bonds. The summed E-state index contributed by atoms with van der Waals surface area (Å²) >= 11 is 12.2. The van der Waals surface area contributed by atoms with Crippen LogP contribution in [0.5, 0.6) is 11.5 Å². The molecular weight excluding hydrogens is 576 g/mol. The van der Waals surface area contributed by atoms with Gasteiger partial charge in [-0.25, -0.2) is 0 Å². The van der Waals surface area contributed by atoms with Crippen LogP contribution in [-0.2, 0) is 10.1 Å². The van der Waals surface area contributed by atoms with Crippen LogP contribution < -0.4 is 44.7 Å². The number of hydrogen-bond donors (Lipinski definition) is 2. The molecule has 0 spiro atoms. The van der Waals surface area contributed by atoms with E-state index in [-0.39, 0.29) is 57.2 Å². The zero-order valence-corrected chi connectivity index (χ0v) is 25.4. The first-order valence-corrected chi connectivity index (χ1v) is 13.3. The zero-order chi connectivity index (χ0) is 27.6. The van der Waals surface area contributed by atoms with Crippen LogP contribution in [0.15, 0.2) is 75.8 Å². The average Bonchev–Trinajstić information content (AvgIpc) is 2.86. The van der Waals surface area contributed by atoms with Crippen molar-refractivity contribution in [2.45, 2.75) is 18.7 Å². The van der Waals surface area contributed by atoms with Gasteiger partial charge in [-0.2, -0.15) is 13.5 Å². The van der Waals surface area contributed by atoms with Crippen molar-refractivity contribution in [2.75, 3.05) is 11.9 Å². The number of rotatable bonds is 7. The number of ether oxygens (including phenoxy) is 1. The number of carbonyl (C=O) groups is 1. The summed E-state index contributed by atoms with van der Waals surface area (Å²) in [4.78, 5) is 12.7. The number of amides is 1. The van der Waals surface area contributed by atoms with E-state index in [0.29, 0.717) is 33.7 Å². The van der Waals surface area contributed by atoms with Crippen molar-refractivity contribution in [1.29, 1.82) is 0 Å². The number of anilines is 1. The first-order chi connectivity index (χ1) is 18.0. The first kappa shape index (κ1) is 30.8. The van der Waals surface area contributed by atoms with Gasteiger partial charge in [-0.3, -0.25) is 9.35 Å². The molecule has 0 aliphatic carbocycles. The molecule has 0 saturated carbocycles. The van der Waals surface area contributed by atoms with Gasteiger partial charge in [-0.15, -0.1) is 5.11 Å². The topological polar surface area (TPSA) is 140 Å². The molecule has 0 aliphatic heterocycles. The second-order valence-corrected chi connectivity index (χ2v) is 10.3. The molecule has 9 nitrogen and oxygen atoms in total. The maximum absolute atomic E-state index is 13.5. The van der Waals surface area contributed by atoms with Crippen molar-refractivity contribution in [1.82, 2.24) is 0 Å². The van der Waals surface area contributed by atoms with Crippen LogP contribution >= 0.6 is 23.2 Å². The number of hydrogen-bond acceptors (Lipinski definition) is 7. The van der Waals surface area contributed by atoms with Crippen molar-refractivity contribution in [3.8, 4) is 11.5 Å². The fourth-order valence-electron chi connectivity index (χ4n) is 3.68. The van der Waals surface area contributed by atoms with Gasteiger partial charge >= 0.3 is 29.6 Å². The minimum atomic E-state index is -4.68. The Morgan fingerprint density at radius 1 is 1.08 bits per heavy atom. The molecular formula is C26H20Cl2N3NaO6S. The molecule has 0 unspecified atom stereocenters. The molecule has 2 N–H and O–H groups in total. The van der Waals surface area contributed by atoms with E-state index in [1.165, 1.54) is 18.2 Å². The van der Waals surface area contributed by atoms with E-state index in [2.05, 4.69) is 15.5 Å². The van der Waals surface area contributed by atoms with E-state index >= 15 is 0 Å². The van der Waals surface area contributed by atoms with Crippen LogP contribution in [-0.4, -0.2) is 25.5 Å². The summed E-state index contributed by atoms with van der Waals surface area (Å²) in [5.41, 5.74) is -0.0624. The Morgan fingerprint density at radius 2 is 1.79 bits per heavy atom. The summed E-state index contributed by atoms with van der Waals surface area (Å²) in [6, 6.07) is 15.2. The van der Waals surface area contributed by atoms with Gasteiger partial charge in [0.1, 0.15) is 16.3 Å². The predicted octanol–water partition coefficient (Wildman–Crippen LogP) is 3.85. The normalized spacial score (nSPS) is 11.4. The fourth-order valence-corrected chi connectivity index (χ4v) is 4.70. The molecule has 0 fully saturated rings. The second kappa shape index (κ2) is 12.6. The zero-order valence-electron chi connectivity index (χ0n) is 21.0. The minimum Gasteiger partial charge on any atom is -0.870 e. The van der Waals surface area contributed by atoms with Crippen molar-refractivity contribution in [3.05, 3.63) is 81.8 Å². The molecule has 0 bridgehead atoms. The SMILES string of the molecule is CCOc1ccc(Cl)cc1NC(=O)c1cc2ccccc2c(N=Nc2cc(Cl)c(C)cc2S(=O)(=O)O)c1[O-].[Na+]. The standard InChI is InChI=1S/C26H21Cl2N3O6S.Na/c1-3-37-22-9-8-16(27)12-20(22)29-26(33)18-11-15-6-4-5-7-17(15)24(25(18)32)31-30-21-13-19(28)14(2)10-23(21)38(34,35)36;/h4-13,32H,3H2,1-2H3,(H,29,33)(H,34,35,36);/q;+1/p-1. The molecule has 0 aliphatic rings. The van der Waals surface area contributed by atoms with Gasteiger partial charge in [0, 0.05) is 21.0 Å². The Bertz CT molecular complexity index is 1710. The van der Waals surface area contributed by atoms with Gasteiger partial charge in [0.05, 0.1) is 18.0 Å². The Hall–Kier alpha value is -2.70. The largest absolute Gasteiger partial charge is 1.00 e. The van der Waals surface area contributed by atoms with E-state index in [9.17, 15) is 22.9 Å². The average molecular weight is 596 g/mol. The van der Waals surface area contributed by atoms with Crippen molar-refractivity contribution < 1.29 is 57.2 Å². The van der Waals surface area contributed by atoms with Gasteiger partial charge in [-0.1, -0.05) is 53.2 Å². The molecule has 4 rings (SSSR count). The predicted molar refractivity (Wildman–Crippen MR) is 144 cm³/mol. The van der Waals surface area contributed by atoms with E-state index in [4.69, 9.17) is 27.9 Å². The molecule has 0 saturated heterocycles. The fraction of sp³-hybridized carbons (Fsp3) is 0.115. The van der Waals surface area contributed by atoms with Gasteiger partial charge in [-0.05, 0) is 61.2 Å². The molecule has 39 heavy (non-hydrogen) atoms. The van der Waals surface area contributed by atoms with Crippen LogP contribution in [0.3, 0.4) is 0 Å². The summed E-state index contributed by atoms with van der Waals surface area (Å²) in [7, 11) is -4.68. The number of azo groups is 1. The first-order valence-electron chi connectivity index (χ1n) is 11.2. The maximum Gasteiger partial charge on any atom is 1.00 e. The van der Waals surface area contributed by atoms with E-state index in [0.717, 1.165) is 6.07 Å². The summed E-state index contributed by atoms with van der Waals surface area (Å²) < 4.78 is 39.0. The van der Waals surface area contributed by atoms with E-state index in [1.807, 2.05) is 0 Å². The summed E-state index contributed by atoms with van der Waals surface area (Å²) in [5, 5.41) is 25.5. The molecule has 0 heterocycles. The van der Waals surface area contributed by atoms with Gasteiger partial charge in [0.25, 0.3) is 16.0 Å². The smallest absolute Gasteiger partial charge is 0.870 e. The molecule has 0 atom stereocenters. The quantitative estimate of drug-likeness (QED) is 0.189. The van der Waals surface area contributed by atoms with Crippen molar-refractivity contribution in [2.24, 2.45) is 10.2 Å². The third kappa shape index (κ3) is 6.90. The Kier molecular flexibility index (Phi) is 10.0. The number of halogens is 2. The summed E-state index contributed by atoms with van der Waals surface area (Å²) in [6.45, 7) is 3.68. The van der Waals surface area contributed by atoms with Gasteiger partial charge in [0.15, 0.2) is 0 Å². The maximum atomic E-state index is 13.5. The molecule has 4 aromatic rings. The van der Waals surface area contributed by atoms with E-state index < -0.39 is 26.7 Å². The van der Waals surface area contributed by atoms with Crippen LogP contribution in [0.1, 0.15) is 22.8 Å². The van der Waals surface area contributed by atoms with Crippen molar-refractivity contribution in [3.63, 3.8) is 0 Å². The van der Waals surface area contributed by atoms with Crippen LogP contribution in [0, 0.1) is 6.92 Å². The minimum absolute atomic E-state index is 0. The Balaban J connectivity index is 0.00000420. The number of fused-ring (bicyclic) bond motifs is 1. The molecule has 196 valence electrons. The number of carbonyl (C=O) groups excluding carboxylic acids is 1. The monoisotopic (exact) mass is 595 g/mol. The van der Waals surface area contributed by atoms with E-state index in [1.54, 1.807) is 50.2 Å². The molecule has 0 radical (unpaired) electrons. The summed E-state index contributed by atoms with van der Waals surface area (Å²) in [6.07, 6.45) is 0. The van der Waals surface area contributed by atoms with Crippen molar-refractivity contribution >= 4 is 67.1 Å². The number of nitrogens with zero attached hydrogens (tertiary/aromatic N) is 2. The number of nitrogens with one attached hydrogen (secondary N) is 1. The Labute approximate surface area is 256 Å².